The minimum absolute atomic E-state index is 0.0423. The fourth-order valence-electron chi connectivity index (χ4n) is 4.25. The summed E-state index contributed by atoms with van der Waals surface area (Å²) in [6.07, 6.45) is 9.17. The van der Waals surface area contributed by atoms with Gasteiger partial charge in [0.05, 0.1) is 5.69 Å². The Morgan fingerprint density at radius 2 is 1.94 bits per heavy atom. The van der Waals surface area contributed by atoms with Crippen molar-refractivity contribution < 1.29 is 14.3 Å². The summed E-state index contributed by atoms with van der Waals surface area (Å²) < 4.78 is 6.52. The predicted molar refractivity (Wildman–Crippen MR) is 126 cm³/mol. The Morgan fingerprint density at radius 1 is 1.22 bits per heavy atom. The highest BCUT2D eigenvalue weighted by Gasteiger charge is 2.35. The molecule has 1 aliphatic carbocycles. The van der Waals surface area contributed by atoms with Crippen LogP contribution in [0.25, 0.3) is 11.3 Å². The molecule has 170 valence electrons. The number of ether oxygens (including phenoxy) is 1. The van der Waals surface area contributed by atoms with E-state index in [1.807, 2.05) is 56.5 Å². The number of hydrogen-bond acceptors (Lipinski definition) is 4. The molecule has 2 N–H and O–H groups in total. The number of nitrogens with one attached hydrogen (secondary N) is 2. The highest BCUT2D eigenvalue weighted by molar-refractivity contribution is 9.10. The molecule has 1 unspecified atom stereocenters. The molecular weight excluding hydrogens is 472 g/mol. The molecule has 1 aliphatic heterocycles. The molecule has 4 rings (SSSR count). The fourth-order valence-corrected chi connectivity index (χ4v) is 4.52. The number of halogens is 1. The van der Waals surface area contributed by atoms with Crippen molar-refractivity contribution in [2.45, 2.75) is 57.7 Å². The lowest BCUT2D eigenvalue weighted by atomic mass is 10.0. The minimum Gasteiger partial charge on any atom is -0.446 e. The quantitative estimate of drug-likeness (QED) is 0.547. The SMILES string of the molecule is CC(C)C(NC(=O)OC1CCCC1)C(=O)N1CC=C[C@H]1c1nc(-c2ccc(Br)cc2)c[nH]1. The minimum atomic E-state index is -0.660. The van der Waals surface area contributed by atoms with Crippen LogP contribution in [0.5, 0.6) is 0 Å². The van der Waals surface area contributed by atoms with Crippen molar-refractivity contribution in [2.24, 2.45) is 5.92 Å². The van der Waals surface area contributed by atoms with Gasteiger partial charge in [-0.3, -0.25) is 4.79 Å². The van der Waals surface area contributed by atoms with Gasteiger partial charge in [0, 0.05) is 22.8 Å². The third-order valence-electron chi connectivity index (χ3n) is 6.04. The molecule has 8 heteroatoms. The van der Waals surface area contributed by atoms with E-state index in [-0.39, 0.29) is 24.0 Å². The van der Waals surface area contributed by atoms with Gasteiger partial charge in [-0.1, -0.05) is 54.1 Å². The lowest BCUT2D eigenvalue weighted by Gasteiger charge is -2.30. The Kier molecular flexibility index (Phi) is 6.98. The normalized spacial score (nSPS) is 19.5. The molecule has 1 aromatic carbocycles. The van der Waals surface area contributed by atoms with E-state index in [1.54, 1.807) is 4.90 Å². The molecule has 0 radical (unpaired) electrons. The van der Waals surface area contributed by atoms with Crippen LogP contribution in [-0.2, 0) is 9.53 Å². The van der Waals surface area contributed by atoms with Crippen LogP contribution >= 0.6 is 15.9 Å². The van der Waals surface area contributed by atoms with E-state index in [4.69, 9.17) is 9.72 Å². The van der Waals surface area contributed by atoms with Crippen LogP contribution in [0, 0.1) is 5.92 Å². The number of carbonyl (C=O) groups excluding carboxylic acids is 2. The van der Waals surface area contributed by atoms with Crippen LogP contribution in [0.15, 0.2) is 47.1 Å². The van der Waals surface area contributed by atoms with Crippen LogP contribution < -0.4 is 5.32 Å². The maximum Gasteiger partial charge on any atom is 0.408 e. The number of rotatable bonds is 6. The summed E-state index contributed by atoms with van der Waals surface area (Å²) in [6, 6.07) is 6.96. The van der Waals surface area contributed by atoms with Crippen LogP contribution in [0.1, 0.15) is 51.4 Å². The van der Waals surface area contributed by atoms with Gasteiger partial charge >= 0.3 is 6.09 Å². The Hall–Kier alpha value is -2.61. The van der Waals surface area contributed by atoms with Gasteiger partial charge in [0.25, 0.3) is 0 Å². The third kappa shape index (κ3) is 5.06. The topological polar surface area (TPSA) is 87.3 Å². The smallest absolute Gasteiger partial charge is 0.408 e. The lowest BCUT2D eigenvalue weighted by Crippen LogP contribution is -2.51. The molecule has 2 aliphatic rings. The van der Waals surface area contributed by atoms with Crippen LogP contribution in [0.2, 0.25) is 0 Å². The lowest BCUT2D eigenvalue weighted by molar-refractivity contribution is -0.135. The van der Waals surface area contributed by atoms with Crippen LogP contribution in [-0.4, -0.2) is 45.6 Å². The first-order valence-electron chi connectivity index (χ1n) is 11.2. The highest BCUT2D eigenvalue weighted by Crippen LogP contribution is 2.29. The maximum absolute atomic E-state index is 13.4. The first-order valence-corrected chi connectivity index (χ1v) is 12.0. The van der Waals surface area contributed by atoms with E-state index in [0.717, 1.165) is 41.4 Å². The number of aromatic amines is 1. The zero-order valence-electron chi connectivity index (χ0n) is 18.4. The number of H-pyrrole nitrogens is 1. The zero-order valence-corrected chi connectivity index (χ0v) is 20.0. The fraction of sp³-hybridized carbons (Fsp3) is 0.458. The van der Waals surface area contributed by atoms with Crippen molar-refractivity contribution in [2.75, 3.05) is 6.54 Å². The van der Waals surface area contributed by atoms with Gasteiger partial charge in [-0.25, -0.2) is 9.78 Å². The molecule has 7 nitrogen and oxygen atoms in total. The van der Waals surface area contributed by atoms with Crippen molar-refractivity contribution in [3.8, 4) is 11.3 Å². The molecule has 2 heterocycles. The molecule has 1 fully saturated rings. The summed E-state index contributed by atoms with van der Waals surface area (Å²) >= 11 is 3.45. The Morgan fingerprint density at radius 3 is 2.62 bits per heavy atom. The van der Waals surface area contributed by atoms with E-state index < -0.39 is 12.1 Å². The molecule has 1 aromatic heterocycles. The molecule has 0 spiro atoms. The van der Waals surface area contributed by atoms with Crippen molar-refractivity contribution in [1.29, 1.82) is 0 Å². The summed E-state index contributed by atoms with van der Waals surface area (Å²) in [5, 5.41) is 2.81. The van der Waals surface area contributed by atoms with Crippen molar-refractivity contribution in [3.63, 3.8) is 0 Å². The van der Waals surface area contributed by atoms with Gasteiger partial charge in [-0.05, 0) is 43.7 Å². The van der Waals surface area contributed by atoms with E-state index in [1.165, 1.54) is 0 Å². The van der Waals surface area contributed by atoms with Crippen LogP contribution in [0.4, 0.5) is 4.79 Å². The molecular formula is C24H29BrN4O3. The molecule has 32 heavy (non-hydrogen) atoms. The molecule has 0 saturated heterocycles. The Labute approximate surface area is 196 Å². The second kappa shape index (κ2) is 9.90. The number of hydrogen-bond donors (Lipinski definition) is 2. The second-order valence-electron chi connectivity index (χ2n) is 8.72. The van der Waals surface area contributed by atoms with E-state index >= 15 is 0 Å². The van der Waals surface area contributed by atoms with E-state index in [0.29, 0.717) is 12.4 Å². The van der Waals surface area contributed by atoms with E-state index in [2.05, 4.69) is 26.2 Å². The highest BCUT2D eigenvalue weighted by atomic mass is 79.9. The van der Waals surface area contributed by atoms with Gasteiger partial charge in [0.2, 0.25) is 5.91 Å². The number of carbonyl (C=O) groups is 2. The van der Waals surface area contributed by atoms with Crippen LogP contribution in [0.3, 0.4) is 0 Å². The first-order chi connectivity index (χ1) is 15.4. The first kappa shape index (κ1) is 22.6. The summed E-state index contributed by atoms with van der Waals surface area (Å²) in [7, 11) is 0. The average Bonchev–Trinajstić information content (AvgIpc) is 3.52. The number of alkyl carbamates (subject to hydrolysis) is 1. The average molecular weight is 501 g/mol. The third-order valence-corrected chi connectivity index (χ3v) is 6.57. The van der Waals surface area contributed by atoms with Crippen molar-refractivity contribution in [3.05, 3.63) is 52.9 Å². The van der Waals surface area contributed by atoms with E-state index in [9.17, 15) is 9.59 Å². The second-order valence-corrected chi connectivity index (χ2v) is 9.63. The predicted octanol–water partition coefficient (Wildman–Crippen LogP) is 4.97. The largest absolute Gasteiger partial charge is 0.446 e. The molecule has 2 atom stereocenters. The number of benzene rings is 1. The van der Waals surface area contributed by atoms with Crippen molar-refractivity contribution >= 4 is 27.9 Å². The van der Waals surface area contributed by atoms with Gasteiger partial charge in [0.15, 0.2) is 0 Å². The van der Waals surface area contributed by atoms with Crippen molar-refractivity contribution in [1.82, 2.24) is 20.2 Å². The molecule has 2 aromatic rings. The zero-order chi connectivity index (χ0) is 22.7. The van der Waals surface area contributed by atoms with Gasteiger partial charge < -0.3 is 19.9 Å². The van der Waals surface area contributed by atoms with Gasteiger partial charge in [-0.15, -0.1) is 0 Å². The summed E-state index contributed by atoms with van der Waals surface area (Å²) in [5.74, 6) is 0.482. The number of imidazole rings is 1. The summed E-state index contributed by atoms with van der Waals surface area (Å²) in [5.41, 5.74) is 1.81. The summed E-state index contributed by atoms with van der Waals surface area (Å²) in [6.45, 7) is 4.32. The monoisotopic (exact) mass is 500 g/mol. The Balaban J connectivity index is 1.46. The standard InChI is InChI=1S/C24H29BrN4O3/c1-15(2)21(28-24(31)32-18-6-3-4-7-18)23(30)29-13-5-8-20(29)22-26-14-19(27-22)16-9-11-17(25)12-10-16/h5,8-12,14-15,18,20-21H,3-4,6-7,13H2,1-2H3,(H,26,27)(H,28,31)/t20-,21?/m0/s1. The molecule has 0 bridgehead atoms. The maximum atomic E-state index is 13.4. The number of nitrogens with zero attached hydrogens (tertiary/aromatic N) is 2. The van der Waals surface area contributed by atoms with Gasteiger partial charge in [-0.2, -0.15) is 0 Å². The summed E-state index contributed by atoms with van der Waals surface area (Å²) in [4.78, 5) is 35.5. The molecule has 1 saturated carbocycles. The number of amides is 2. The molecule has 2 amide bonds. The Bertz CT molecular complexity index is 979. The van der Waals surface area contributed by atoms with Gasteiger partial charge in [0.1, 0.15) is 24.0 Å². The number of aromatic nitrogens is 2.